The molecule has 1 N–H and O–H groups in total. The van der Waals surface area contributed by atoms with Gasteiger partial charge in [-0.15, -0.1) is 12.4 Å². The summed E-state index contributed by atoms with van der Waals surface area (Å²) in [5, 5.41) is 3.15. The molecule has 0 radical (unpaired) electrons. The van der Waals surface area contributed by atoms with Gasteiger partial charge in [0, 0.05) is 18.5 Å². The maximum absolute atomic E-state index is 13.2. The first kappa shape index (κ1) is 11.4. The molecule has 14 heavy (non-hydrogen) atoms. The molecule has 1 fully saturated rings. The fourth-order valence-electron chi connectivity index (χ4n) is 1.75. The Bertz CT molecular complexity index is 311. The Morgan fingerprint density at radius 1 is 1.29 bits per heavy atom. The van der Waals surface area contributed by atoms with Gasteiger partial charge in [0.25, 0.3) is 0 Å². The molecule has 1 unspecified atom stereocenters. The number of halogens is 3. The van der Waals surface area contributed by atoms with Crippen LogP contribution in [0.4, 0.5) is 8.78 Å². The SMILES string of the molecule is Cl.Fc1ccc(C2CCNC2)c(F)c1. The molecule has 0 amide bonds. The van der Waals surface area contributed by atoms with Crippen molar-refractivity contribution in [2.45, 2.75) is 12.3 Å². The van der Waals surface area contributed by atoms with Gasteiger partial charge in [-0.2, -0.15) is 0 Å². The summed E-state index contributed by atoms with van der Waals surface area (Å²) in [5.41, 5.74) is 0.631. The highest BCUT2D eigenvalue weighted by Gasteiger charge is 2.19. The van der Waals surface area contributed by atoms with Gasteiger partial charge in [0.15, 0.2) is 0 Å². The highest BCUT2D eigenvalue weighted by atomic mass is 35.5. The summed E-state index contributed by atoms with van der Waals surface area (Å²) in [4.78, 5) is 0. The van der Waals surface area contributed by atoms with E-state index in [9.17, 15) is 8.78 Å². The second kappa shape index (κ2) is 4.71. The van der Waals surface area contributed by atoms with E-state index in [0.29, 0.717) is 5.56 Å². The highest BCUT2D eigenvalue weighted by molar-refractivity contribution is 5.85. The van der Waals surface area contributed by atoms with Crippen molar-refractivity contribution in [1.29, 1.82) is 0 Å². The molecular formula is C10H12ClF2N. The molecule has 0 spiro atoms. The van der Waals surface area contributed by atoms with Crippen molar-refractivity contribution in [2.24, 2.45) is 0 Å². The largest absolute Gasteiger partial charge is 0.316 e. The molecule has 1 heterocycles. The van der Waals surface area contributed by atoms with Crippen LogP contribution in [0.15, 0.2) is 18.2 Å². The highest BCUT2D eigenvalue weighted by Crippen LogP contribution is 2.24. The van der Waals surface area contributed by atoms with Gasteiger partial charge in [-0.05, 0) is 24.6 Å². The number of hydrogen-bond acceptors (Lipinski definition) is 1. The molecule has 1 aliphatic heterocycles. The minimum atomic E-state index is -0.507. The van der Waals surface area contributed by atoms with E-state index >= 15 is 0 Å². The van der Waals surface area contributed by atoms with Crippen LogP contribution in [0.5, 0.6) is 0 Å². The van der Waals surface area contributed by atoms with Gasteiger partial charge in [-0.25, -0.2) is 8.78 Å². The van der Waals surface area contributed by atoms with Crippen LogP contribution in [0.2, 0.25) is 0 Å². The molecule has 1 aromatic rings. The van der Waals surface area contributed by atoms with Gasteiger partial charge in [-0.3, -0.25) is 0 Å². The second-order valence-electron chi connectivity index (χ2n) is 3.36. The quantitative estimate of drug-likeness (QED) is 0.765. The van der Waals surface area contributed by atoms with Crippen molar-refractivity contribution in [1.82, 2.24) is 5.32 Å². The molecule has 0 aromatic heterocycles. The number of hydrogen-bond donors (Lipinski definition) is 1. The molecule has 0 bridgehead atoms. The molecule has 0 aliphatic carbocycles. The maximum Gasteiger partial charge on any atom is 0.129 e. The molecule has 1 aliphatic rings. The smallest absolute Gasteiger partial charge is 0.129 e. The molecule has 1 saturated heterocycles. The van der Waals surface area contributed by atoms with Crippen LogP contribution in [0, 0.1) is 11.6 Å². The lowest BCUT2D eigenvalue weighted by Gasteiger charge is -2.09. The zero-order valence-electron chi connectivity index (χ0n) is 7.59. The second-order valence-corrected chi connectivity index (χ2v) is 3.36. The normalized spacial score (nSPS) is 20.6. The zero-order valence-corrected chi connectivity index (χ0v) is 8.41. The molecule has 78 valence electrons. The predicted octanol–water partition coefficient (Wildman–Crippen LogP) is 2.46. The first-order chi connectivity index (χ1) is 6.27. The van der Waals surface area contributed by atoms with Crippen LogP contribution >= 0.6 is 12.4 Å². The lowest BCUT2D eigenvalue weighted by Crippen LogP contribution is -2.09. The van der Waals surface area contributed by atoms with Crippen molar-refractivity contribution >= 4 is 12.4 Å². The Balaban J connectivity index is 0.000000980. The van der Waals surface area contributed by atoms with Crippen LogP contribution in [-0.2, 0) is 0 Å². The van der Waals surface area contributed by atoms with E-state index in [1.165, 1.54) is 6.07 Å². The fraction of sp³-hybridized carbons (Fsp3) is 0.400. The Morgan fingerprint density at radius 2 is 2.07 bits per heavy atom. The van der Waals surface area contributed by atoms with Gasteiger partial charge in [-0.1, -0.05) is 6.07 Å². The summed E-state index contributed by atoms with van der Waals surface area (Å²) >= 11 is 0. The summed E-state index contributed by atoms with van der Waals surface area (Å²) in [6.45, 7) is 1.71. The average molecular weight is 220 g/mol. The number of nitrogens with one attached hydrogen (secondary N) is 1. The first-order valence-corrected chi connectivity index (χ1v) is 4.43. The zero-order chi connectivity index (χ0) is 9.26. The third kappa shape index (κ3) is 2.22. The summed E-state index contributed by atoms with van der Waals surface area (Å²) in [6.07, 6.45) is 0.933. The van der Waals surface area contributed by atoms with E-state index in [-0.39, 0.29) is 18.3 Å². The molecule has 1 nitrogen and oxygen atoms in total. The Kier molecular flexibility index (Phi) is 3.84. The molecule has 1 atom stereocenters. The van der Waals surface area contributed by atoms with Crippen molar-refractivity contribution in [3.63, 3.8) is 0 Å². The molecule has 2 rings (SSSR count). The van der Waals surface area contributed by atoms with Crippen LogP contribution in [0.1, 0.15) is 17.9 Å². The van der Waals surface area contributed by atoms with Crippen molar-refractivity contribution in [3.8, 4) is 0 Å². The minimum absolute atomic E-state index is 0. The van der Waals surface area contributed by atoms with E-state index in [0.717, 1.165) is 25.6 Å². The van der Waals surface area contributed by atoms with E-state index in [4.69, 9.17) is 0 Å². The topological polar surface area (TPSA) is 12.0 Å². The van der Waals surface area contributed by atoms with Crippen LogP contribution in [0.3, 0.4) is 0 Å². The average Bonchev–Trinajstić information content (AvgIpc) is 2.56. The Morgan fingerprint density at radius 3 is 2.64 bits per heavy atom. The molecule has 1 aromatic carbocycles. The standard InChI is InChI=1S/C10H11F2N.ClH/c11-8-1-2-9(10(12)5-8)7-3-4-13-6-7;/h1-2,5,7,13H,3-4,6H2;1H. The maximum atomic E-state index is 13.2. The number of rotatable bonds is 1. The third-order valence-electron chi connectivity index (χ3n) is 2.46. The van der Waals surface area contributed by atoms with Gasteiger partial charge >= 0.3 is 0 Å². The van der Waals surface area contributed by atoms with E-state index in [1.807, 2.05) is 0 Å². The summed E-state index contributed by atoms with van der Waals surface area (Å²) in [7, 11) is 0. The summed E-state index contributed by atoms with van der Waals surface area (Å²) in [6, 6.07) is 3.81. The van der Waals surface area contributed by atoms with E-state index in [1.54, 1.807) is 6.07 Å². The van der Waals surface area contributed by atoms with Crippen molar-refractivity contribution in [2.75, 3.05) is 13.1 Å². The number of benzene rings is 1. The Labute approximate surface area is 87.9 Å². The van der Waals surface area contributed by atoms with Gasteiger partial charge in [0.05, 0.1) is 0 Å². The lowest BCUT2D eigenvalue weighted by atomic mass is 9.98. The van der Waals surface area contributed by atoms with Crippen LogP contribution < -0.4 is 5.32 Å². The third-order valence-corrected chi connectivity index (χ3v) is 2.46. The Hall–Kier alpha value is -0.670. The molecule has 4 heteroatoms. The monoisotopic (exact) mass is 219 g/mol. The lowest BCUT2D eigenvalue weighted by molar-refractivity contribution is 0.559. The van der Waals surface area contributed by atoms with Gasteiger partial charge in [0.1, 0.15) is 11.6 Å². The van der Waals surface area contributed by atoms with Crippen LogP contribution in [0.25, 0.3) is 0 Å². The van der Waals surface area contributed by atoms with Crippen molar-refractivity contribution in [3.05, 3.63) is 35.4 Å². The van der Waals surface area contributed by atoms with Crippen LogP contribution in [-0.4, -0.2) is 13.1 Å². The molecular weight excluding hydrogens is 208 g/mol. The molecule has 0 saturated carbocycles. The van der Waals surface area contributed by atoms with E-state index < -0.39 is 11.6 Å². The van der Waals surface area contributed by atoms with Gasteiger partial charge in [0.2, 0.25) is 0 Å². The summed E-state index contributed by atoms with van der Waals surface area (Å²) < 4.78 is 25.8. The van der Waals surface area contributed by atoms with Crippen molar-refractivity contribution < 1.29 is 8.78 Å². The summed E-state index contributed by atoms with van der Waals surface area (Å²) in [5.74, 6) is -0.721. The fourth-order valence-corrected chi connectivity index (χ4v) is 1.75. The van der Waals surface area contributed by atoms with E-state index in [2.05, 4.69) is 5.32 Å². The predicted molar refractivity (Wildman–Crippen MR) is 53.8 cm³/mol. The minimum Gasteiger partial charge on any atom is -0.316 e. The van der Waals surface area contributed by atoms with Gasteiger partial charge < -0.3 is 5.32 Å². The first-order valence-electron chi connectivity index (χ1n) is 4.43.